The lowest BCUT2D eigenvalue weighted by Gasteiger charge is -2.03. The third-order valence-electron chi connectivity index (χ3n) is 2.07. The number of hydrogen-bond acceptors (Lipinski definition) is 4. The summed E-state index contributed by atoms with van der Waals surface area (Å²) < 4.78 is 27.5. The minimum Gasteiger partial charge on any atom is -0.382 e. The molecule has 2 N–H and O–H groups in total. The first-order valence-corrected chi connectivity index (χ1v) is 4.44. The zero-order chi connectivity index (χ0) is 12.6. The van der Waals surface area contributed by atoms with Crippen LogP contribution in [0.5, 0.6) is 0 Å². The van der Waals surface area contributed by atoms with E-state index in [2.05, 4.69) is 5.10 Å². The Hall–Kier alpha value is -2.51. The first-order valence-electron chi connectivity index (χ1n) is 4.44. The summed E-state index contributed by atoms with van der Waals surface area (Å²) in [5.41, 5.74) is 4.27. The Labute approximate surface area is 93.4 Å². The molecule has 0 aliphatic heterocycles. The number of anilines is 1. The molecule has 0 unspecified atom stereocenters. The van der Waals surface area contributed by atoms with Gasteiger partial charge in [-0.3, -0.25) is 10.1 Å². The van der Waals surface area contributed by atoms with E-state index in [-0.39, 0.29) is 11.5 Å². The zero-order valence-electron chi connectivity index (χ0n) is 8.30. The topological polar surface area (TPSA) is 87.0 Å². The van der Waals surface area contributed by atoms with Crippen molar-refractivity contribution in [3.05, 3.63) is 46.1 Å². The first kappa shape index (κ1) is 11.0. The highest BCUT2D eigenvalue weighted by atomic mass is 19.1. The van der Waals surface area contributed by atoms with Crippen LogP contribution in [0.1, 0.15) is 0 Å². The van der Waals surface area contributed by atoms with Crippen LogP contribution >= 0.6 is 0 Å². The first-order chi connectivity index (χ1) is 7.99. The Morgan fingerprint density at radius 2 is 2.06 bits per heavy atom. The van der Waals surface area contributed by atoms with Gasteiger partial charge in [0.25, 0.3) is 0 Å². The summed E-state index contributed by atoms with van der Waals surface area (Å²) in [6, 6.07) is 2.58. The van der Waals surface area contributed by atoms with Crippen molar-refractivity contribution in [3.8, 4) is 5.69 Å². The van der Waals surface area contributed by atoms with E-state index >= 15 is 0 Å². The van der Waals surface area contributed by atoms with Crippen molar-refractivity contribution in [2.24, 2.45) is 0 Å². The maximum absolute atomic E-state index is 13.4. The molecule has 0 bridgehead atoms. The second-order valence-electron chi connectivity index (χ2n) is 3.20. The van der Waals surface area contributed by atoms with E-state index in [0.717, 1.165) is 10.7 Å². The molecule has 0 atom stereocenters. The van der Waals surface area contributed by atoms with E-state index in [4.69, 9.17) is 5.73 Å². The van der Waals surface area contributed by atoms with Crippen LogP contribution in [0.25, 0.3) is 5.69 Å². The van der Waals surface area contributed by atoms with Gasteiger partial charge in [0.05, 0.1) is 4.92 Å². The van der Waals surface area contributed by atoms with Crippen LogP contribution in [0.2, 0.25) is 0 Å². The Morgan fingerprint density at radius 1 is 1.35 bits per heavy atom. The summed E-state index contributed by atoms with van der Waals surface area (Å²) >= 11 is 0. The van der Waals surface area contributed by atoms with Crippen LogP contribution in [0, 0.1) is 21.7 Å². The highest BCUT2D eigenvalue weighted by Crippen LogP contribution is 2.24. The quantitative estimate of drug-likeness (QED) is 0.638. The molecule has 0 aliphatic rings. The Morgan fingerprint density at radius 3 is 2.59 bits per heavy atom. The number of nitro groups is 1. The number of rotatable bonds is 2. The standard InChI is InChI=1S/C9H6F2N4O2/c10-5-3-6(11)8(15(16)17)4-7(5)14-2-1-9(12)13-14/h1-4H,(H2,12,13). The molecule has 0 radical (unpaired) electrons. The van der Waals surface area contributed by atoms with Crippen molar-refractivity contribution in [2.75, 3.05) is 5.73 Å². The molecule has 17 heavy (non-hydrogen) atoms. The van der Waals surface area contributed by atoms with E-state index in [1.807, 2.05) is 0 Å². The van der Waals surface area contributed by atoms with Crippen molar-refractivity contribution in [3.63, 3.8) is 0 Å². The molecule has 0 saturated heterocycles. The zero-order valence-corrected chi connectivity index (χ0v) is 8.30. The maximum atomic E-state index is 13.4. The molecule has 0 spiro atoms. The predicted octanol–water partition coefficient (Wildman–Crippen LogP) is 1.64. The van der Waals surface area contributed by atoms with E-state index < -0.39 is 22.2 Å². The lowest BCUT2D eigenvalue weighted by molar-refractivity contribution is -0.387. The number of aromatic nitrogens is 2. The summed E-state index contributed by atoms with van der Waals surface area (Å²) in [5, 5.41) is 14.2. The number of hydrogen-bond donors (Lipinski definition) is 1. The molecule has 0 saturated carbocycles. The van der Waals surface area contributed by atoms with Gasteiger partial charge in [-0.15, -0.1) is 0 Å². The number of halogens is 2. The van der Waals surface area contributed by atoms with E-state index in [9.17, 15) is 18.9 Å². The molecule has 1 aromatic heterocycles. The molecule has 6 nitrogen and oxygen atoms in total. The molecular formula is C9H6F2N4O2. The second kappa shape index (κ2) is 3.81. The van der Waals surface area contributed by atoms with E-state index in [1.165, 1.54) is 12.3 Å². The highest BCUT2D eigenvalue weighted by Gasteiger charge is 2.19. The summed E-state index contributed by atoms with van der Waals surface area (Å²) in [6.45, 7) is 0. The summed E-state index contributed by atoms with van der Waals surface area (Å²) in [7, 11) is 0. The van der Waals surface area contributed by atoms with Gasteiger partial charge in [-0.2, -0.15) is 9.49 Å². The Kier molecular flexibility index (Phi) is 2.47. The van der Waals surface area contributed by atoms with Crippen LogP contribution in [0.4, 0.5) is 20.3 Å². The monoisotopic (exact) mass is 240 g/mol. The Bertz CT molecular complexity index is 597. The van der Waals surface area contributed by atoms with Crippen molar-refractivity contribution >= 4 is 11.5 Å². The van der Waals surface area contributed by atoms with Crippen LogP contribution in [0.15, 0.2) is 24.4 Å². The molecule has 2 aromatic rings. The van der Waals surface area contributed by atoms with Gasteiger partial charge in [0.15, 0.2) is 5.82 Å². The lowest BCUT2D eigenvalue weighted by atomic mass is 10.2. The predicted molar refractivity (Wildman–Crippen MR) is 54.5 cm³/mol. The van der Waals surface area contributed by atoms with Crippen LogP contribution in [0.3, 0.4) is 0 Å². The summed E-state index contributed by atoms with van der Waals surface area (Å²) in [6.07, 6.45) is 1.31. The fraction of sp³-hybridized carbons (Fsp3) is 0. The fourth-order valence-corrected chi connectivity index (χ4v) is 1.31. The average Bonchev–Trinajstić information content (AvgIpc) is 2.64. The summed E-state index contributed by atoms with van der Waals surface area (Å²) in [4.78, 5) is 9.57. The molecule has 88 valence electrons. The van der Waals surface area contributed by atoms with Gasteiger partial charge in [0.1, 0.15) is 11.5 Å². The molecule has 0 fully saturated rings. The van der Waals surface area contributed by atoms with Gasteiger partial charge in [0.2, 0.25) is 5.82 Å². The van der Waals surface area contributed by atoms with Crippen LogP contribution in [-0.2, 0) is 0 Å². The minimum atomic E-state index is -1.24. The van der Waals surface area contributed by atoms with Gasteiger partial charge in [-0.1, -0.05) is 0 Å². The SMILES string of the molecule is Nc1ccn(-c2cc([N+](=O)[O-])c(F)cc2F)n1. The molecule has 2 rings (SSSR count). The van der Waals surface area contributed by atoms with Crippen LogP contribution < -0.4 is 5.73 Å². The fourth-order valence-electron chi connectivity index (χ4n) is 1.31. The molecule has 0 aliphatic carbocycles. The highest BCUT2D eigenvalue weighted by molar-refractivity contribution is 5.46. The number of nitrogen functional groups attached to an aromatic ring is 1. The number of nitrogens with zero attached hydrogens (tertiary/aromatic N) is 3. The molecule has 1 aromatic carbocycles. The van der Waals surface area contributed by atoms with E-state index in [1.54, 1.807) is 0 Å². The molecule has 1 heterocycles. The molecule has 0 amide bonds. The van der Waals surface area contributed by atoms with Gasteiger partial charge in [0, 0.05) is 24.4 Å². The minimum absolute atomic E-state index is 0.122. The van der Waals surface area contributed by atoms with Gasteiger partial charge in [-0.05, 0) is 0 Å². The lowest BCUT2D eigenvalue weighted by Crippen LogP contribution is -2.03. The maximum Gasteiger partial charge on any atom is 0.307 e. The van der Waals surface area contributed by atoms with Gasteiger partial charge >= 0.3 is 5.69 Å². The van der Waals surface area contributed by atoms with Crippen molar-refractivity contribution < 1.29 is 13.7 Å². The van der Waals surface area contributed by atoms with E-state index in [0.29, 0.717) is 6.07 Å². The van der Waals surface area contributed by atoms with Crippen molar-refractivity contribution in [1.82, 2.24) is 9.78 Å². The van der Waals surface area contributed by atoms with Crippen molar-refractivity contribution in [2.45, 2.75) is 0 Å². The third kappa shape index (κ3) is 1.92. The third-order valence-corrected chi connectivity index (χ3v) is 2.07. The number of benzene rings is 1. The number of nitro benzene ring substituents is 1. The Balaban J connectivity index is 2.62. The number of nitrogens with two attached hydrogens (primary N) is 1. The second-order valence-corrected chi connectivity index (χ2v) is 3.20. The summed E-state index contributed by atoms with van der Waals surface area (Å²) in [5.74, 6) is -2.08. The smallest absolute Gasteiger partial charge is 0.307 e. The largest absolute Gasteiger partial charge is 0.382 e. The van der Waals surface area contributed by atoms with Gasteiger partial charge in [-0.25, -0.2) is 9.07 Å². The van der Waals surface area contributed by atoms with Crippen LogP contribution in [-0.4, -0.2) is 14.7 Å². The molecule has 8 heteroatoms. The molecular weight excluding hydrogens is 234 g/mol. The normalized spacial score (nSPS) is 10.5. The van der Waals surface area contributed by atoms with Crippen molar-refractivity contribution in [1.29, 1.82) is 0 Å². The van der Waals surface area contributed by atoms with Gasteiger partial charge < -0.3 is 5.73 Å². The average molecular weight is 240 g/mol.